The first kappa shape index (κ1) is 20.9. The number of amides is 1. The molecule has 1 aromatic heterocycles. The van der Waals surface area contributed by atoms with Crippen molar-refractivity contribution in [3.63, 3.8) is 0 Å². The van der Waals surface area contributed by atoms with Gasteiger partial charge in [0.2, 0.25) is 5.91 Å². The average Bonchev–Trinajstić information content (AvgIpc) is 3.14. The molecular weight excluding hydrogens is 406 g/mol. The fourth-order valence-corrected chi connectivity index (χ4v) is 3.99. The lowest BCUT2D eigenvalue weighted by Gasteiger charge is -2.22. The lowest BCUT2D eigenvalue weighted by atomic mass is 10.1. The molecule has 148 valence electrons. The Hall–Kier alpha value is -2.82. The van der Waals surface area contributed by atoms with Gasteiger partial charge in [-0.25, -0.2) is 0 Å². The molecule has 29 heavy (non-hydrogen) atoms. The number of benzene rings is 2. The summed E-state index contributed by atoms with van der Waals surface area (Å²) < 4.78 is 1.79. The van der Waals surface area contributed by atoms with Gasteiger partial charge in [-0.05, 0) is 55.3 Å². The predicted molar refractivity (Wildman–Crippen MR) is 116 cm³/mol. The highest BCUT2D eigenvalue weighted by Crippen LogP contribution is 2.24. The minimum absolute atomic E-state index is 0.0871. The highest BCUT2D eigenvalue weighted by atomic mass is 35.5. The lowest BCUT2D eigenvalue weighted by Crippen LogP contribution is -2.33. The Labute approximate surface area is 179 Å². The van der Waals surface area contributed by atoms with Crippen molar-refractivity contribution in [1.29, 1.82) is 5.26 Å². The fourth-order valence-electron chi connectivity index (χ4n) is 3.00. The molecule has 0 aliphatic heterocycles. The van der Waals surface area contributed by atoms with E-state index in [-0.39, 0.29) is 18.1 Å². The third-order valence-corrected chi connectivity index (χ3v) is 5.36. The molecule has 0 atom stereocenters. The first-order valence-electron chi connectivity index (χ1n) is 9.02. The van der Waals surface area contributed by atoms with E-state index >= 15 is 0 Å². The van der Waals surface area contributed by atoms with Crippen LogP contribution in [-0.2, 0) is 4.79 Å². The van der Waals surface area contributed by atoms with Gasteiger partial charge in [0.15, 0.2) is 5.16 Å². The van der Waals surface area contributed by atoms with Crippen molar-refractivity contribution in [3.05, 3.63) is 64.9 Å². The van der Waals surface area contributed by atoms with Crippen LogP contribution in [0.25, 0.3) is 5.69 Å². The summed E-state index contributed by atoms with van der Waals surface area (Å²) in [5, 5.41) is 18.3. The summed E-state index contributed by atoms with van der Waals surface area (Å²) in [5.41, 5.74) is 3.78. The highest BCUT2D eigenvalue weighted by Gasteiger charge is 2.18. The van der Waals surface area contributed by atoms with Crippen LogP contribution in [-0.4, -0.2) is 33.0 Å². The maximum atomic E-state index is 13.0. The Morgan fingerprint density at radius 1 is 1.24 bits per heavy atom. The summed E-state index contributed by atoms with van der Waals surface area (Å²) in [7, 11) is 0. The summed E-state index contributed by atoms with van der Waals surface area (Å²) in [6.07, 6.45) is 1.86. The fraction of sp³-hybridized carbons (Fsp3) is 0.238. The Morgan fingerprint density at radius 2 is 2.00 bits per heavy atom. The number of hydrogen-bond donors (Lipinski definition) is 0. The van der Waals surface area contributed by atoms with E-state index in [0.717, 1.165) is 22.5 Å². The molecule has 1 amide bonds. The number of carbonyl (C=O) groups excluding carboxylic acids is 1. The molecule has 6 nitrogen and oxygen atoms in total. The van der Waals surface area contributed by atoms with Crippen LogP contribution in [0, 0.1) is 25.2 Å². The molecule has 0 saturated carbocycles. The molecule has 3 rings (SSSR count). The largest absolute Gasteiger partial charge is 0.311 e. The maximum absolute atomic E-state index is 13.0. The maximum Gasteiger partial charge on any atom is 0.237 e. The van der Waals surface area contributed by atoms with Crippen molar-refractivity contribution in [2.45, 2.75) is 25.4 Å². The minimum Gasteiger partial charge on any atom is -0.311 e. The normalized spacial score (nSPS) is 10.6. The number of nitriles is 1. The zero-order valence-electron chi connectivity index (χ0n) is 16.2. The van der Waals surface area contributed by atoms with Gasteiger partial charge in [0, 0.05) is 17.3 Å². The number of aromatic nitrogens is 3. The highest BCUT2D eigenvalue weighted by molar-refractivity contribution is 7.99. The number of thioether (sulfide) groups is 1. The first-order chi connectivity index (χ1) is 14.0. The summed E-state index contributed by atoms with van der Waals surface area (Å²) in [5.74, 6) is 0.0911. The van der Waals surface area contributed by atoms with Gasteiger partial charge >= 0.3 is 0 Å². The van der Waals surface area contributed by atoms with Gasteiger partial charge in [-0.15, -0.1) is 10.2 Å². The van der Waals surface area contributed by atoms with Crippen LogP contribution in [0.2, 0.25) is 5.02 Å². The van der Waals surface area contributed by atoms with Crippen LogP contribution in [0.4, 0.5) is 5.69 Å². The van der Waals surface area contributed by atoms with E-state index in [1.54, 1.807) is 21.9 Å². The van der Waals surface area contributed by atoms with E-state index in [1.807, 2.05) is 44.2 Å². The molecule has 3 aromatic rings. The van der Waals surface area contributed by atoms with Gasteiger partial charge in [0.05, 0.1) is 23.9 Å². The molecule has 0 fully saturated rings. The second-order valence-corrected chi connectivity index (χ2v) is 7.93. The number of carbonyl (C=O) groups is 1. The quantitative estimate of drug-likeness (QED) is 0.518. The van der Waals surface area contributed by atoms with Gasteiger partial charge in [0.25, 0.3) is 0 Å². The van der Waals surface area contributed by atoms with Crippen LogP contribution >= 0.6 is 23.4 Å². The SMILES string of the molecule is Cc1cc(C)cc(N(CCC#N)C(=O)CSc2nncn2-c2cccc(Cl)c2)c1. The third kappa shape index (κ3) is 5.37. The Balaban J connectivity index is 1.78. The molecule has 8 heteroatoms. The van der Waals surface area contributed by atoms with Crippen LogP contribution in [0.5, 0.6) is 0 Å². The van der Waals surface area contributed by atoms with E-state index in [2.05, 4.69) is 22.3 Å². The van der Waals surface area contributed by atoms with Gasteiger partial charge in [-0.3, -0.25) is 9.36 Å². The monoisotopic (exact) mass is 425 g/mol. The molecule has 1 heterocycles. The van der Waals surface area contributed by atoms with E-state index in [0.29, 0.717) is 16.7 Å². The second kappa shape index (κ2) is 9.59. The molecule has 0 aliphatic carbocycles. The predicted octanol–water partition coefficient (Wildman–Crippen LogP) is 4.58. The van der Waals surface area contributed by atoms with Gasteiger partial charge in [0.1, 0.15) is 6.33 Å². The topological polar surface area (TPSA) is 74.8 Å². The van der Waals surface area contributed by atoms with Crippen molar-refractivity contribution >= 4 is 35.0 Å². The van der Waals surface area contributed by atoms with Gasteiger partial charge < -0.3 is 4.90 Å². The van der Waals surface area contributed by atoms with Crippen molar-refractivity contribution in [2.75, 3.05) is 17.2 Å². The molecule has 0 saturated heterocycles. The molecular formula is C21H20ClN5OS. The van der Waals surface area contributed by atoms with Crippen molar-refractivity contribution < 1.29 is 4.79 Å². The van der Waals surface area contributed by atoms with E-state index in [1.165, 1.54) is 11.8 Å². The summed E-state index contributed by atoms with van der Waals surface area (Å²) in [6.45, 7) is 4.33. The van der Waals surface area contributed by atoms with Crippen molar-refractivity contribution in [2.24, 2.45) is 0 Å². The number of anilines is 1. The van der Waals surface area contributed by atoms with Gasteiger partial charge in [-0.1, -0.05) is 35.5 Å². The first-order valence-corrected chi connectivity index (χ1v) is 10.4. The summed E-state index contributed by atoms with van der Waals surface area (Å²) in [6, 6.07) is 15.4. The van der Waals surface area contributed by atoms with E-state index in [4.69, 9.17) is 16.9 Å². The Morgan fingerprint density at radius 3 is 2.69 bits per heavy atom. The molecule has 0 aliphatic rings. The smallest absolute Gasteiger partial charge is 0.237 e. The standard InChI is InChI=1S/C21H20ClN5OS/c1-15-9-16(2)11-19(10-15)26(8-4-7-23)20(28)13-29-21-25-24-14-27(21)18-6-3-5-17(22)12-18/h3,5-6,9-12,14H,4,8,13H2,1-2H3. The van der Waals surface area contributed by atoms with Crippen LogP contribution < -0.4 is 4.90 Å². The minimum atomic E-state index is -0.0871. The number of hydrogen-bond acceptors (Lipinski definition) is 5. The van der Waals surface area contributed by atoms with E-state index < -0.39 is 0 Å². The van der Waals surface area contributed by atoms with Gasteiger partial charge in [-0.2, -0.15) is 5.26 Å². The molecule has 2 aromatic carbocycles. The average molecular weight is 426 g/mol. The zero-order valence-corrected chi connectivity index (χ0v) is 17.7. The molecule has 0 radical (unpaired) electrons. The summed E-state index contributed by atoms with van der Waals surface area (Å²) >= 11 is 7.38. The lowest BCUT2D eigenvalue weighted by molar-refractivity contribution is -0.116. The second-order valence-electron chi connectivity index (χ2n) is 6.55. The number of halogens is 1. The number of rotatable bonds is 7. The summed E-state index contributed by atoms with van der Waals surface area (Å²) in [4.78, 5) is 14.6. The van der Waals surface area contributed by atoms with E-state index in [9.17, 15) is 4.79 Å². The zero-order chi connectivity index (χ0) is 20.8. The van der Waals surface area contributed by atoms with Crippen molar-refractivity contribution in [1.82, 2.24) is 14.8 Å². The van der Waals surface area contributed by atoms with Crippen LogP contribution in [0.15, 0.2) is 53.9 Å². The van der Waals surface area contributed by atoms with Crippen LogP contribution in [0.1, 0.15) is 17.5 Å². The number of nitrogens with zero attached hydrogens (tertiary/aromatic N) is 5. The molecule has 0 unspecified atom stereocenters. The molecule has 0 bridgehead atoms. The van der Waals surface area contributed by atoms with Crippen LogP contribution in [0.3, 0.4) is 0 Å². The Kier molecular flexibility index (Phi) is 6.91. The number of aryl methyl sites for hydroxylation is 2. The molecule has 0 spiro atoms. The Bertz CT molecular complexity index is 1040. The van der Waals surface area contributed by atoms with Crippen molar-refractivity contribution in [3.8, 4) is 11.8 Å². The molecule has 0 N–H and O–H groups in total. The third-order valence-electron chi connectivity index (χ3n) is 4.19.